The fourth-order valence-corrected chi connectivity index (χ4v) is 2.35. The topological polar surface area (TPSA) is 42.2 Å². The van der Waals surface area contributed by atoms with Crippen LogP contribution in [0.5, 0.6) is 0 Å². The smallest absolute Gasteiger partial charge is 0.189 e. The molecule has 1 heterocycles. The van der Waals surface area contributed by atoms with Crippen LogP contribution in [0.2, 0.25) is 0 Å². The first-order chi connectivity index (χ1) is 7.18. The number of aromatic nitrogens is 1. The van der Waals surface area contributed by atoms with Gasteiger partial charge in [0.05, 0.1) is 0 Å². The Hall–Kier alpha value is -1.05. The predicted molar refractivity (Wildman–Crippen MR) is 62.7 cm³/mol. The summed E-state index contributed by atoms with van der Waals surface area (Å²) >= 11 is 0. The van der Waals surface area contributed by atoms with Gasteiger partial charge in [-0.25, -0.2) is 0 Å². The minimum Gasteiger partial charge on any atom is -0.350 e. The molecule has 4 heteroatoms. The maximum atomic E-state index is 10.7. The van der Waals surface area contributed by atoms with Gasteiger partial charge >= 0.3 is 0 Å². The van der Waals surface area contributed by atoms with Crippen molar-refractivity contribution in [3.8, 4) is 0 Å². The fraction of sp³-hybridized carbons (Fsp3) is 0.273. The monoisotopic (exact) mass is 223 g/mol. The van der Waals surface area contributed by atoms with E-state index in [9.17, 15) is 4.57 Å². The van der Waals surface area contributed by atoms with Crippen LogP contribution in [0.1, 0.15) is 5.56 Å². The van der Waals surface area contributed by atoms with Crippen molar-refractivity contribution < 1.29 is 9.46 Å². The van der Waals surface area contributed by atoms with Gasteiger partial charge in [0, 0.05) is 30.3 Å². The molecule has 1 aromatic carbocycles. The molecule has 0 saturated carbocycles. The summed E-state index contributed by atoms with van der Waals surface area (Å²) in [7, 11) is -0.356. The summed E-state index contributed by atoms with van der Waals surface area (Å²) in [6, 6.07) is 8.11. The standard InChI is InChI=1S/C11H14NO2P/c1-12-8-9(6-7-15(13)14)10-4-2-3-5-11(10)12/h2-5,8,15H,6-7H2,1H3,(H,13,14). The first-order valence-electron chi connectivity index (χ1n) is 4.93. The van der Waals surface area contributed by atoms with E-state index in [0.29, 0.717) is 12.6 Å². The lowest BCUT2D eigenvalue weighted by Crippen LogP contribution is -1.86. The zero-order valence-corrected chi connectivity index (χ0v) is 9.60. The second kappa shape index (κ2) is 4.21. The van der Waals surface area contributed by atoms with Gasteiger partial charge in [0.2, 0.25) is 0 Å². The number of nitrogens with zero attached hydrogens (tertiary/aromatic N) is 1. The van der Waals surface area contributed by atoms with Crippen LogP contribution in [0.4, 0.5) is 0 Å². The molecule has 0 aliphatic heterocycles. The maximum absolute atomic E-state index is 10.7. The number of benzene rings is 1. The van der Waals surface area contributed by atoms with Gasteiger partial charge in [-0.15, -0.1) is 0 Å². The Morgan fingerprint density at radius 1 is 1.40 bits per heavy atom. The number of hydrogen-bond acceptors (Lipinski definition) is 1. The molecule has 0 spiro atoms. The summed E-state index contributed by atoms with van der Waals surface area (Å²) in [4.78, 5) is 8.83. The van der Waals surface area contributed by atoms with Gasteiger partial charge in [-0.3, -0.25) is 4.57 Å². The van der Waals surface area contributed by atoms with E-state index >= 15 is 0 Å². The summed E-state index contributed by atoms with van der Waals surface area (Å²) in [5.74, 6) is 0. The van der Waals surface area contributed by atoms with E-state index in [0.717, 1.165) is 5.56 Å². The third-order valence-corrected chi connectivity index (χ3v) is 3.27. The van der Waals surface area contributed by atoms with E-state index in [1.54, 1.807) is 0 Å². The zero-order chi connectivity index (χ0) is 10.8. The Bertz CT molecular complexity index is 504. The molecule has 0 aliphatic carbocycles. The van der Waals surface area contributed by atoms with Crippen LogP contribution in [-0.2, 0) is 18.0 Å². The van der Waals surface area contributed by atoms with E-state index in [4.69, 9.17) is 4.89 Å². The van der Waals surface area contributed by atoms with Crippen LogP contribution in [-0.4, -0.2) is 15.6 Å². The van der Waals surface area contributed by atoms with Crippen LogP contribution in [0.15, 0.2) is 30.5 Å². The molecule has 80 valence electrons. The first kappa shape index (κ1) is 10.5. The van der Waals surface area contributed by atoms with Gasteiger partial charge in [0.1, 0.15) is 0 Å². The highest BCUT2D eigenvalue weighted by molar-refractivity contribution is 7.37. The number of hydrogen-bond donors (Lipinski definition) is 1. The molecule has 3 nitrogen and oxygen atoms in total. The summed E-state index contributed by atoms with van der Waals surface area (Å²) < 4.78 is 12.7. The number of aryl methyl sites for hydroxylation is 2. The Balaban J connectivity index is 2.39. The maximum Gasteiger partial charge on any atom is 0.189 e. The molecule has 2 aromatic rings. The molecule has 0 saturated heterocycles. The average Bonchev–Trinajstić information content (AvgIpc) is 2.54. The molecule has 1 N–H and O–H groups in total. The minimum absolute atomic E-state index is 0.374. The fourth-order valence-electron chi connectivity index (χ4n) is 1.87. The van der Waals surface area contributed by atoms with Crippen LogP contribution >= 0.6 is 8.03 Å². The molecule has 2 rings (SSSR count). The third-order valence-electron chi connectivity index (χ3n) is 2.59. The molecule has 1 unspecified atom stereocenters. The third kappa shape index (κ3) is 2.14. The van der Waals surface area contributed by atoms with Gasteiger partial charge in [-0.05, 0) is 18.1 Å². The summed E-state index contributed by atoms with van der Waals surface area (Å²) in [6.45, 7) is 0. The molecule has 0 bridgehead atoms. The highest BCUT2D eigenvalue weighted by Crippen LogP contribution is 2.23. The Labute approximate surface area is 89.2 Å². The molecule has 0 radical (unpaired) electrons. The van der Waals surface area contributed by atoms with Crippen molar-refractivity contribution >= 4 is 18.9 Å². The average molecular weight is 223 g/mol. The summed E-state index contributed by atoms with van der Waals surface area (Å²) in [6.07, 6.45) is 3.09. The highest BCUT2D eigenvalue weighted by Gasteiger charge is 2.06. The molecule has 15 heavy (non-hydrogen) atoms. The lowest BCUT2D eigenvalue weighted by molar-refractivity contribution is 0.502. The lowest BCUT2D eigenvalue weighted by Gasteiger charge is -1.96. The largest absolute Gasteiger partial charge is 0.350 e. The Kier molecular flexibility index (Phi) is 2.94. The van der Waals surface area contributed by atoms with Gasteiger partial charge in [0.25, 0.3) is 0 Å². The summed E-state index contributed by atoms with van der Waals surface area (Å²) in [5, 5.41) is 1.18. The first-order valence-corrected chi connectivity index (χ1v) is 6.49. The molecule has 0 amide bonds. The Morgan fingerprint density at radius 3 is 2.87 bits per heavy atom. The molecular formula is C11H14NO2P. The van der Waals surface area contributed by atoms with Crippen molar-refractivity contribution in [1.29, 1.82) is 0 Å². The highest BCUT2D eigenvalue weighted by atomic mass is 31.1. The van der Waals surface area contributed by atoms with Crippen LogP contribution in [0.25, 0.3) is 10.9 Å². The van der Waals surface area contributed by atoms with Crippen LogP contribution < -0.4 is 0 Å². The van der Waals surface area contributed by atoms with Gasteiger partial charge in [-0.2, -0.15) is 0 Å². The molecular weight excluding hydrogens is 209 g/mol. The van der Waals surface area contributed by atoms with Crippen LogP contribution in [0.3, 0.4) is 0 Å². The van der Waals surface area contributed by atoms with Crippen LogP contribution in [0, 0.1) is 0 Å². The van der Waals surface area contributed by atoms with E-state index in [2.05, 4.69) is 16.7 Å². The lowest BCUT2D eigenvalue weighted by atomic mass is 10.1. The number of para-hydroxylation sites is 1. The zero-order valence-electron chi connectivity index (χ0n) is 8.60. The molecule has 1 aromatic heterocycles. The molecule has 0 aliphatic rings. The van der Waals surface area contributed by atoms with Crippen molar-refractivity contribution in [2.24, 2.45) is 7.05 Å². The number of fused-ring (bicyclic) bond motifs is 1. The van der Waals surface area contributed by atoms with Crippen molar-refractivity contribution in [1.82, 2.24) is 4.57 Å². The Morgan fingerprint density at radius 2 is 2.13 bits per heavy atom. The second-order valence-electron chi connectivity index (χ2n) is 3.68. The van der Waals surface area contributed by atoms with Crippen molar-refractivity contribution in [3.05, 3.63) is 36.0 Å². The van der Waals surface area contributed by atoms with Gasteiger partial charge < -0.3 is 9.46 Å². The quantitative estimate of drug-likeness (QED) is 0.810. The number of rotatable bonds is 3. The predicted octanol–water partition coefficient (Wildman–Crippen LogP) is 2.19. The van der Waals surface area contributed by atoms with E-state index in [1.807, 2.05) is 25.4 Å². The van der Waals surface area contributed by atoms with E-state index in [-0.39, 0.29) is 0 Å². The van der Waals surface area contributed by atoms with E-state index < -0.39 is 8.03 Å². The van der Waals surface area contributed by atoms with Crippen molar-refractivity contribution in [2.45, 2.75) is 6.42 Å². The normalized spacial score (nSPS) is 13.2. The van der Waals surface area contributed by atoms with Gasteiger partial charge in [-0.1, -0.05) is 18.2 Å². The van der Waals surface area contributed by atoms with Crippen molar-refractivity contribution in [3.63, 3.8) is 0 Å². The SMILES string of the molecule is Cn1cc(CC[PH](=O)O)c2ccccc21. The van der Waals surface area contributed by atoms with Gasteiger partial charge in [0.15, 0.2) is 8.03 Å². The minimum atomic E-state index is -2.35. The van der Waals surface area contributed by atoms with Crippen molar-refractivity contribution in [2.75, 3.05) is 6.16 Å². The molecule has 1 atom stereocenters. The summed E-state index contributed by atoms with van der Waals surface area (Å²) in [5.41, 5.74) is 2.32. The second-order valence-corrected chi connectivity index (χ2v) is 4.96. The molecule has 0 fully saturated rings. The van der Waals surface area contributed by atoms with E-state index in [1.165, 1.54) is 10.9 Å².